The highest BCUT2D eigenvalue weighted by molar-refractivity contribution is 7.24. The molecule has 3 aromatic carbocycles. The van der Waals surface area contributed by atoms with Crippen molar-refractivity contribution in [3.8, 4) is 0 Å². The molecule has 0 aliphatic heterocycles. The third-order valence-electron chi connectivity index (χ3n) is 5.83. The van der Waals surface area contributed by atoms with Crippen molar-refractivity contribution in [3.05, 3.63) is 106 Å². The van der Waals surface area contributed by atoms with Crippen molar-refractivity contribution in [2.24, 2.45) is 0 Å². The molecule has 1 unspecified atom stereocenters. The summed E-state index contributed by atoms with van der Waals surface area (Å²) >= 11 is 1.42. The van der Waals surface area contributed by atoms with Crippen LogP contribution in [0.25, 0.3) is 20.2 Å². The molecule has 38 heavy (non-hydrogen) atoms. The van der Waals surface area contributed by atoms with Gasteiger partial charge < -0.3 is 19.9 Å². The summed E-state index contributed by atoms with van der Waals surface area (Å²) in [4.78, 5) is 50.5. The van der Waals surface area contributed by atoms with Crippen LogP contribution in [0.3, 0.4) is 0 Å². The molecule has 4 aromatic rings. The van der Waals surface area contributed by atoms with E-state index in [0.29, 0.717) is 15.5 Å². The summed E-state index contributed by atoms with van der Waals surface area (Å²) in [7, 11) is 0. The van der Waals surface area contributed by atoms with E-state index >= 15 is 0 Å². The van der Waals surface area contributed by atoms with Crippen LogP contribution in [0.4, 0.5) is 4.79 Å². The average Bonchev–Trinajstić information content (AvgIpc) is 2.94. The van der Waals surface area contributed by atoms with Gasteiger partial charge in [-0.1, -0.05) is 55.1 Å². The van der Waals surface area contributed by atoms with E-state index in [1.807, 2.05) is 12.1 Å². The Morgan fingerprint density at radius 2 is 1.63 bits per heavy atom. The Morgan fingerprint density at radius 3 is 2.37 bits per heavy atom. The van der Waals surface area contributed by atoms with Crippen LogP contribution >= 0.6 is 11.3 Å². The number of hydrogen-bond acceptors (Lipinski definition) is 8. The van der Waals surface area contributed by atoms with Crippen LogP contribution in [0.1, 0.15) is 22.8 Å². The van der Waals surface area contributed by atoms with Crippen LogP contribution < -0.4 is 10.7 Å². The van der Waals surface area contributed by atoms with Crippen molar-refractivity contribution in [3.63, 3.8) is 0 Å². The zero-order valence-electron chi connectivity index (χ0n) is 20.6. The zero-order valence-corrected chi connectivity index (χ0v) is 21.4. The number of ether oxygens (including phenoxy) is 2. The fourth-order valence-electron chi connectivity index (χ4n) is 3.81. The van der Waals surface area contributed by atoms with Crippen molar-refractivity contribution >= 4 is 49.4 Å². The molecule has 194 valence electrons. The van der Waals surface area contributed by atoms with Gasteiger partial charge in [0.2, 0.25) is 5.78 Å². The lowest BCUT2D eigenvalue weighted by atomic mass is 9.86. The molecule has 4 rings (SSSR count). The molecule has 1 heterocycles. The molecule has 0 spiro atoms. The number of carbonyl (C=O) groups is 3. The lowest BCUT2D eigenvalue weighted by Crippen LogP contribution is -2.43. The summed E-state index contributed by atoms with van der Waals surface area (Å²) < 4.78 is 11.6. The predicted molar refractivity (Wildman–Crippen MR) is 145 cm³/mol. The monoisotopic (exact) mass is 531 g/mol. The minimum absolute atomic E-state index is 0.0487. The number of esters is 1. The number of amides is 1. The van der Waals surface area contributed by atoms with Crippen molar-refractivity contribution in [2.75, 3.05) is 19.8 Å². The number of benzene rings is 3. The van der Waals surface area contributed by atoms with E-state index in [0.717, 1.165) is 4.70 Å². The standard InChI is InChI=1S/C29H25NO7S/c1-18(2)27(33)36-15-14-30-28(34)37-17-29(35,26(32)19-8-4-3-5-9-19)20-12-13-24-22(16-20)25(31)21-10-6-7-11-23(21)38-24/h3-13,16,35H,1,14-15,17H2,2H3,(H,30,34). The highest BCUT2D eigenvalue weighted by atomic mass is 32.1. The quantitative estimate of drug-likeness (QED) is 0.108. The van der Waals surface area contributed by atoms with Crippen LogP contribution in [0.15, 0.2) is 89.7 Å². The molecule has 9 heteroatoms. The second-order valence-corrected chi connectivity index (χ2v) is 9.70. The highest BCUT2D eigenvalue weighted by Crippen LogP contribution is 2.31. The Morgan fingerprint density at radius 1 is 0.947 bits per heavy atom. The van der Waals surface area contributed by atoms with E-state index in [4.69, 9.17) is 9.47 Å². The van der Waals surface area contributed by atoms with Crippen LogP contribution in [-0.2, 0) is 19.9 Å². The number of ketones is 1. The normalized spacial score (nSPS) is 12.5. The summed E-state index contributed by atoms with van der Waals surface area (Å²) in [5.74, 6) is -1.29. The fraction of sp³-hybridized carbons (Fsp3) is 0.172. The molecule has 0 bridgehead atoms. The molecule has 0 aliphatic rings. The molecule has 2 N–H and O–H groups in total. The number of carbonyl (C=O) groups excluding carboxylic acids is 3. The van der Waals surface area contributed by atoms with Crippen LogP contribution in [-0.4, -0.2) is 42.7 Å². The number of aliphatic hydroxyl groups is 1. The van der Waals surface area contributed by atoms with Crippen molar-refractivity contribution in [1.29, 1.82) is 0 Å². The molecule has 0 fully saturated rings. The maximum atomic E-state index is 13.5. The van der Waals surface area contributed by atoms with Gasteiger partial charge in [0.05, 0.1) is 6.54 Å². The minimum atomic E-state index is -2.28. The van der Waals surface area contributed by atoms with Crippen molar-refractivity contribution < 1.29 is 29.0 Å². The van der Waals surface area contributed by atoms with Gasteiger partial charge in [-0.15, -0.1) is 11.3 Å². The summed E-state index contributed by atoms with van der Waals surface area (Å²) in [6.45, 7) is 4.10. The zero-order chi connectivity index (χ0) is 27.3. The van der Waals surface area contributed by atoms with Gasteiger partial charge >= 0.3 is 12.1 Å². The number of nitrogens with one attached hydrogen (secondary N) is 1. The summed E-state index contributed by atoms with van der Waals surface area (Å²) in [5.41, 5.74) is -1.96. The predicted octanol–water partition coefficient (Wildman–Crippen LogP) is 4.33. The molecule has 0 saturated carbocycles. The first-order valence-corrected chi connectivity index (χ1v) is 12.5. The van der Waals surface area contributed by atoms with Gasteiger partial charge in [0.25, 0.3) is 0 Å². The van der Waals surface area contributed by atoms with Gasteiger partial charge in [0.1, 0.15) is 13.2 Å². The molecule has 1 atom stereocenters. The first-order valence-electron chi connectivity index (χ1n) is 11.7. The number of hydrogen-bond donors (Lipinski definition) is 2. The Balaban J connectivity index is 1.62. The van der Waals surface area contributed by atoms with Gasteiger partial charge in [0.15, 0.2) is 11.0 Å². The number of fused-ring (bicyclic) bond motifs is 2. The van der Waals surface area contributed by atoms with Gasteiger partial charge in [-0.25, -0.2) is 9.59 Å². The third kappa shape index (κ3) is 5.64. The second kappa shape index (κ2) is 11.4. The second-order valence-electron chi connectivity index (χ2n) is 8.61. The van der Waals surface area contributed by atoms with Gasteiger partial charge in [-0.2, -0.15) is 0 Å². The van der Waals surface area contributed by atoms with Crippen molar-refractivity contribution in [2.45, 2.75) is 12.5 Å². The van der Waals surface area contributed by atoms with E-state index in [1.165, 1.54) is 24.3 Å². The van der Waals surface area contributed by atoms with Gasteiger partial charge in [-0.05, 0) is 36.8 Å². The molecule has 0 radical (unpaired) electrons. The highest BCUT2D eigenvalue weighted by Gasteiger charge is 2.40. The first-order chi connectivity index (χ1) is 18.2. The summed E-state index contributed by atoms with van der Waals surface area (Å²) in [6, 6.07) is 20.0. The average molecular weight is 532 g/mol. The Labute approximate surface area is 222 Å². The number of Topliss-reactive ketones (excluding diaryl/α,β-unsaturated/α-hetero) is 1. The van der Waals surface area contributed by atoms with Gasteiger partial charge in [0, 0.05) is 31.3 Å². The third-order valence-corrected chi connectivity index (χ3v) is 6.98. The van der Waals surface area contributed by atoms with Gasteiger partial charge in [-0.3, -0.25) is 9.59 Å². The largest absolute Gasteiger partial charge is 0.460 e. The molecule has 0 saturated heterocycles. The molecule has 1 amide bonds. The number of alkyl carbamates (subject to hydrolysis) is 1. The van der Waals surface area contributed by atoms with E-state index in [2.05, 4.69) is 11.9 Å². The Bertz CT molecular complexity index is 1600. The maximum Gasteiger partial charge on any atom is 0.407 e. The fourth-order valence-corrected chi connectivity index (χ4v) is 4.86. The molecular weight excluding hydrogens is 506 g/mol. The van der Waals surface area contributed by atoms with Crippen LogP contribution in [0.5, 0.6) is 0 Å². The lowest BCUT2D eigenvalue weighted by Gasteiger charge is -2.27. The first kappa shape index (κ1) is 26.7. The molecule has 1 aromatic heterocycles. The Kier molecular flexibility index (Phi) is 7.99. The smallest absolute Gasteiger partial charge is 0.407 e. The SMILES string of the molecule is C=C(C)C(=O)OCCNC(=O)OCC(O)(C(=O)c1ccccc1)c1ccc2sc3ccccc3c(=O)c2c1. The minimum Gasteiger partial charge on any atom is -0.460 e. The van der Waals surface area contributed by atoms with Crippen molar-refractivity contribution in [1.82, 2.24) is 5.32 Å². The van der Waals surface area contributed by atoms with Crippen LogP contribution in [0, 0.1) is 0 Å². The summed E-state index contributed by atoms with van der Waals surface area (Å²) in [5, 5.41) is 15.0. The van der Waals surface area contributed by atoms with E-state index < -0.39 is 30.1 Å². The molecule has 8 nitrogen and oxygen atoms in total. The molecular formula is C29H25NO7S. The van der Waals surface area contributed by atoms with E-state index in [-0.39, 0.29) is 35.3 Å². The molecule has 0 aliphatic carbocycles. The van der Waals surface area contributed by atoms with E-state index in [1.54, 1.807) is 54.6 Å². The van der Waals surface area contributed by atoms with Crippen LogP contribution in [0.2, 0.25) is 0 Å². The summed E-state index contributed by atoms with van der Waals surface area (Å²) in [6.07, 6.45) is -0.922. The lowest BCUT2D eigenvalue weighted by molar-refractivity contribution is -0.138. The maximum absolute atomic E-state index is 13.5. The topological polar surface area (TPSA) is 119 Å². The van der Waals surface area contributed by atoms with E-state index in [9.17, 15) is 24.3 Å². The Hall–Kier alpha value is -4.34. The number of rotatable bonds is 9.